The van der Waals surface area contributed by atoms with Crippen molar-refractivity contribution in [3.05, 3.63) is 22.9 Å². The molecule has 0 aliphatic carbocycles. The van der Waals surface area contributed by atoms with Gasteiger partial charge in [0.1, 0.15) is 4.90 Å². The van der Waals surface area contributed by atoms with Gasteiger partial charge >= 0.3 is 0 Å². The zero-order chi connectivity index (χ0) is 13.3. The molecule has 0 amide bonds. The SMILES string of the molecule is CN(CC(C)(C)C)S(=O)(=O)c1cncc(Br)c1. The zero-order valence-corrected chi connectivity index (χ0v) is 12.8. The molecule has 96 valence electrons. The number of rotatable bonds is 3. The van der Waals surface area contributed by atoms with Crippen LogP contribution in [0.2, 0.25) is 0 Å². The van der Waals surface area contributed by atoms with Crippen LogP contribution >= 0.6 is 15.9 Å². The maximum Gasteiger partial charge on any atom is 0.244 e. The molecule has 0 aliphatic rings. The third-order valence-electron chi connectivity index (χ3n) is 2.08. The molecule has 1 aromatic heterocycles. The summed E-state index contributed by atoms with van der Waals surface area (Å²) < 4.78 is 26.5. The summed E-state index contributed by atoms with van der Waals surface area (Å²) in [6, 6.07) is 1.56. The van der Waals surface area contributed by atoms with E-state index < -0.39 is 10.0 Å². The zero-order valence-electron chi connectivity index (χ0n) is 10.4. The van der Waals surface area contributed by atoms with E-state index in [-0.39, 0.29) is 10.3 Å². The molecule has 0 aromatic carbocycles. The van der Waals surface area contributed by atoms with Crippen LogP contribution in [0.15, 0.2) is 27.8 Å². The monoisotopic (exact) mass is 320 g/mol. The Hall–Kier alpha value is -0.460. The van der Waals surface area contributed by atoms with E-state index in [1.165, 1.54) is 10.5 Å². The summed E-state index contributed by atoms with van der Waals surface area (Å²) in [7, 11) is -1.87. The van der Waals surface area contributed by atoms with Gasteiger partial charge in [0.15, 0.2) is 0 Å². The normalized spacial score (nSPS) is 13.1. The molecule has 0 aliphatic heterocycles. The minimum Gasteiger partial charge on any atom is -0.262 e. The fourth-order valence-corrected chi connectivity index (χ4v) is 3.37. The van der Waals surface area contributed by atoms with E-state index in [0.717, 1.165) is 0 Å². The molecule has 1 rings (SSSR count). The lowest BCUT2D eigenvalue weighted by Gasteiger charge is -2.25. The van der Waals surface area contributed by atoms with E-state index >= 15 is 0 Å². The van der Waals surface area contributed by atoms with Gasteiger partial charge in [0.2, 0.25) is 10.0 Å². The van der Waals surface area contributed by atoms with Crippen LogP contribution in [0.3, 0.4) is 0 Å². The third-order valence-corrected chi connectivity index (χ3v) is 4.29. The molecule has 17 heavy (non-hydrogen) atoms. The molecular weight excluding hydrogens is 304 g/mol. The quantitative estimate of drug-likeness (QED) is 0.859. The number of hydrogen-bond acceptors (Lipinski definition) is 3. The Kier molecular flexibility index (Phi) is 4.33. The van der Waals surface area contributed by atoms with Crippen molar-refractivity contribution in [1.82, 2.24) is 9.29 Å². The lowest BCUT2D eigenvalue weighted by molar-refractivity contribution is 0.310. The van der Waals surface area contributed by atoms with Crippen molar-refractivity contribution in [2.75, 3.05) is 13.6 Å². The molecule has 0 bridgehead atoms. The van der Waals surface area contributed by atoms with E-state index in [2.05, 4.69) is 20.9 Å². The molecule has 6 heteroatoms. The predicted octanol–water partition coefficient (Wildman–Crippen LogP) is 2.51. The summed E-state index contributed by atoms with van der Waals surface area (Å²) in [6.07, 6.45) is 2.92. The van der Waals surface area contributed by atoms with Crippen molar-refractivity contribution in [3.63, 3.8) is 0 Å². The van der Waals surface area contributed by atoms with E-state index in [1.54, 1.807) is 19.3 Å². The van der Waals surface area contributed by atoms with Crippen LogP contribution in [-0.2, 0) is 10.0 Å². The highest BCUT2D eigenvalue weighted by Crippen LogP contribution is 2.21. The van der Waals surface area contributed by atoms with Gasteiger partial charge in [-0.25, -0.2) is 12.7 Å². The third kappa shape index (κ3) is 4.04. The lowest BCUT2D eigenvalue weighted by atomic mass is 9.97. The largest absolute Gasteiger partial charge is 0.262 e. The lowest BCUT2D eigenvalue weighted by Crippen LogP contribution is -2.34. The highest BCUT2D eigenvalue weighted by molar-refractivity contribution is 9.10. The number of aromatic nitrogens is 1. The Morgan fingerprint density at radius 3 is 2.41 bits per heavy atom. The minimum absolute atomic E-state index is 0.0821. The van der Waals surface area contributed by atoms with E-state index in [0.29, 0.717) is 11.0 Å². The van der Waals surface area contributed by atoms with E-state index in [4.69, 9.17) is 0 Å². The van der Waals surface area contributed by atoms with Crippen LogP contribution in [0.5, 0.6) is 0 Å². The fourth-order valence-electron chi connectivity index (χ4n) is 1.47. The van der Waals surface area contributed by atoms with Gasteiger partial charge in [-0.2, -0.15) is 0 Å². The van der Waals surface area contributed by atoms with Crippen LogP contribution in [0, 0.1) is 5.41 Å². The Labute approximate surface area is 111 Å². The highest BCUT2D eigenvalue weighted by atomic mass is 79.9. The van der Waals surface area contributed by atoms with Crippen molar-refractivity contribution in [2.24, 2.45) is 5.41 Å². The van der Waals surface area contributed by atoms with Gasteiger partial charge in [-0.1, -0.05) is 20.8 Å². The second-order valence-electron chi connectivity index (χ2n) is 5.16. The summed E-state index contributed by atoms with van der Waals surface area (Å²) in [5, 5.41) is 0. The number of nitrogens with zero attached hydrogens (tertiary/aromatic N) is 2. The summed E-state index contributed by atoms with van der Waals surface area (Å²) in [4.78, 5) is 4.08. The van der Waals surface area contributed by atoms with Crippen molar-refractivity contribution in [2.45, 2.75) is 25.7 Å². The summed E-state index contributed by atoms with van der Waals surface area (Å²) in [5.41, 5.74) is -0.0821. The maximum atomic E-state index is 12.2. The molecule has 4 nitrogen and oxygen atoms in total. The van der Waals surface area contributed by atoms with Gasteiger partial charge in [-0.05, 0) is 27.4 Å². The van der Waals surface area contributed by atoms with Crippen LogP contribution in [0.25, 0.3) is 0 Å². The van der Waals surface area contributed by atoms with Gasteiger partial charge < -0.3 is 0 Å². The first-order chi connectivity index (χ1) is 7.63. The molecule has 0 atom stereocenters. The second-order valence-corrected chi connectivity index (χ2v) is 8.12. The molecule has 1 heterocycles. The van der Waals surface area contributed by atoms with Crippen LogP contribution in [-0.4, -0.2) is 31.3 Å². The average Bonchev–Trinajstić information content (AvgIpc) is 2.15. The first kappa shape index (κ1) is 14.6. The molecule has 0 N–H and O–H groups in total. The maximum absolute atomic E-state index is 12.2. The molecule has 0 unspecified atom stereocenters. The van der Waals surface area contributed by atoms with Crippen molar-refractivity contribution in [1.29, 1.82) is 0 Å². The topological polar surface area (TPSA) is 50.3 Å². The van der Waals surface area contributed by atoms with Crippen molar-refractivity contribution in [3.8, 4) is 0 Å². The highest BCUT2D eigenvalue weighted by Gasteiger charge is 2.25. The van der Waals surface area contributed by atoms with Crippen molar-refractivity contribution < 1.29 is 8.42 Å². The molecule has 0 radical (unpaired) electrons. The molecule has 0 fully saturated rings. The van der Waals surface area contributed by atoms with Crippen molar-refractivity contribution >= 4 is 26.0 Å². The Morgan fingerprint density at radius 1 is 1.35 bits per heavy atom. The fraction of sp³-hybridized carbons (Fsp3) is 0.545. The molecule has 0 saturated carbocycles. The Bertz CT molecular complexity index is 494. The van der Waals surface area contributed by atoms with E-state index in [9.17, 15) is 8.42 Å². The molecule has 0 saturated heterocycles. The van der Waals surface area contributed by atoms with E-state index in [1.807, 2.05) is 20.8 Å². The summed E-state index contributed by atoms with van der Waals surface area (Å²) >= 11 is 3.22. The van der Waals surface area contributed by atoms with Gasteiger partial charge in [0.05, 0.1) is 0 Å². The number of halogens is 1. The van der Waals surface area contributed by atoms with Crippen LogP contribution in [0.4, 0.5) is 0 Å². The Morgan fingerprint density at radius 2 is 1.94 bits per heavy atom. The number of sulfonamides is 1. The van der Waals surface area contributed by atoms with Gasteiger partial charge in [0, 0.05) is 30.5 Å². The second kappa shape index (κ2) is 5.04. The molecule has 1 aromatic rings. The standard InChI is InChI=1S/C11H17BrN2O2S/c1-11(2,3)8-14(4)17(15,16)10-5-9(12)6-13-7-10/h5-7H,8H2,1-4H3. The van der Waals surface area contributed by atoms with Crippen LogP contribution < -0.4 is 0 Å². The molecular formula is C11H17BrN2O2S. The van der Waals surface area contributed by atoms with Gasteiger partial charge in [0.25, 0.3) is 0 Å². The Balaban J connectivity index is 3.04. The number of pyridine rings is 1. The van der Waals surface area contributed by atoms with Gasteiger partial charge in [-0.15, -0.1) is 0 Å². The summed E-state index contributed by atoms with van der Waals surface area (Å²) in [6.45, 7) is 6.45. The van der Waals surface area contributed by atoms with Crippen LogP contribution in [0.1, 0.15) is 20.8 Å². The average molecular weight is 321 g/mol. The molecule has 0 spiro atoms. The first-order valence-corrected chi connectivity index (χ1v) is 7.43. The number of hydrogen-bond donors (Lipinski definition) is 0. The first-order valence-electron chi connectivity index (χ1n) is 5.20. The smallest absolute Gasteiger partial charge is 0.244 e. The predicted molar refractivity (Wildman–Crippen MR) is 71.2 cm³/mol. The van der Waals surface area contributed by atoms with Gasteiger partial charge in [-0.3, -0.25) is 4.98 Å². The minimum atomic E-state index is -3.45. The summed E-state index contributed by atoms with van der Waals surface area (Å²) in [5.74, 6) is 0.